The molecule has 3 heteroatoms. The van der Waals surface area contributed by atoms with Crippen LogP contribution >= 0.6 is 0 Å². The Hall–Kier alpha value is -1.37. The molecule has 0 aliphatic carbocycles. The summed E-state index contributed by atoms with van der Waals surface area (Å²) in [4.78, 5) is 2.42. The van der Waals surface area contributed by atoms with E-state index in [2.05, 4.69) is 30.6 Å². The van der Waals surface area contributed by atoms with Gasteiger partial charge in [-0.15, -0.1) is 0 Å². The Kier molecular flexibility index (Phi) is 5.17. The summed E-state index contributed by atoms with van der Waals surface area (Å²) < 4.78 is 13.6. The van der Waals surface area contributed by atoms with Crippen LogP contribution in [-0.4, -0.2) is 29.7 Å². The van der Waals surface area contributed by atoms with E-state index >= 15 is 0 Å². The molecule has 1 aliphatic rings. The molecule has 0 bridgehead atoms. The van der Waals surface area contributed by atoms with E-state index < -0.39 is 0 Å². The first-order chi connectivity index (χ1) is 9.60. The van der Waals surface area contributed by atoms with Crippen LogP contribution in [0.5, 0.6) is 0 Å². The van der Waals surface area contributed by atoms with E-state index in [9.17, 15) is 4.39 Å². The van der Waals surface area contributed by atoms with Crippen molar-refractivity contribution in [2.75, 3.05) is 19.7 Å². The van der Waals surface area contributed by atoms with Crippen LogP contribution in [-0.2, 0) is 6.54 Å². The van der Waals surface area contributed by atoms with Crippen molar-refractivity contribution in [3.8, 4) is 11.8 Å². The predicted molar refractivity (Wildman–Crippen MR) is 78.6 cm³/mol. The van der Waals surface area contributed by atoms with E-state index in [1.807, 2.05) is 6.07 Å². The molecule has 0 saturated carbocycles. The summed E-state index contributed by atoms with van der Waals surface area (Å²) in [7, 11) is 0. The van der Waals surface area contributed by atoms with Gasteiger partial charge in [-0.1, -0.05) is 31.8 Å². The monoisotopic (exact) mass is 275 g/mol. The molecule has 2 unspecified atom stereocenters. The molecule has 0 spiro atoms. The van der Waals surface area contributed by atoms with Gasteiger partial charge >= 0.3 is 0 Å². The highest BCUT2D eigenvalue weighted by Crippen LogP contribution is 2.24. The molecule has 2 atom stereocenters. The molecule has 2 nitrogen and oxygen atoms in total. The molecule has 1 aromatic carbocycles. The van der Waals surface area contributed by atoms with Crippen molar-refractivity contribution >= 4 is 0 Å². The second kappa shape index (κ2) is 6.88. The normalized spacial score (nSPS) is 23.2. The lowest BCUT2D eigenvalue weighted by atomic mass is 9.88. The number of benzene rings is 1. The standard InChI is InChI=1S/C17H22FNO/c1-13-7-8-19(11-14(13)2)12-15-5-6-17(18)16(10-15)4-3-9-20/h5-6,10,13-14,20H,7-9,11-12H2,1-2H3. The van der Waals surface area contributed by atoms with Gasteiger partial charge in [0.25, 0.3) is 0 Å². The van der Waals surface area contributed by atoms with Crippen molar-refractivity contribution in [2.24, 2.45) is 11.8 Å². The summed E-state index contributed by atoms with van der Waals surface area (Å²) in [5.74, 6) is 6.33. The molecule has 1 fully saturated rings. The second-order valence-corrected chi connectivity index (χ2v) is 5.75. The van der Waals surface area contributed by atoms with E-state index in [0.29, 0.717) is 11.5 Å². The first-order valence-corrected chi connectivity index (χ1v) is 7.20. The molecule has 2 rings (SSSR count). The minimum absolute atomic E-state index is 0.245. The van der Waals surface area contributed by atoms with Gasteiger partial charge in [0.15, 0.2) is 0 Å². The van der Waals surface area contributed by atoms with Crippen LogP contribution in [0, 0.1) is 29.5 Å². The SMILES string of the molecule is CC1CCN(Cc2ccc(F)c(C#CCO)c2)CC1C. The molecular formula is C17H22FNO. The van der Waals surface area contributed by atoms with Gasteiger partial charge in [-0.05, 0) is 42.5 Å². The number of halogens is 1. The summed E-state index contributed by atoms with van der Waals surface area (Å²) in [6, 6.07) is 5.08. The van der Waals surface area contributed by atoms with E-state index in [0.717, 1.165) is 31.1 Å². The Balaban J connectivity index is 2.06. The Morgan fingerprint density at radius 2 is 2.15 bits per heavy atom. The van der Waals surface area contributed by atoms with E-state index in [1.165, 1.54) is 12.5 Å². The van der Waals surface area contributed by atoms with Crippen LogP contribution < -0.4 is 0 Å². The van der Waals surface area contributed by atoms with Gasteiger partial charge in [-0.25, -0.2) is 4.39 Å². The average molecular weight is 275 g/mol. The molecule has 0 amide bonds. The van der Waals surface area contributed by atoms with E-state index in [1.54, 1.807) is 6.07 Å². The van der Waals surface area contributed by atoms with Crippen LogP contribution in [0.1, 0.15) is 31.4 Å². The van der Waals surface area contributed by atoms with Gasteiger partial charge in [0.05, 0.1) is 5.56 Å². The maximum absolute atomic E-state index is 13.6. The third-order valence-corrected chi connectivity index (χ3v) is 4.16. The second-order valence-electron chi connectivity index (χ2n) is 5.75. The van der Waals surface area contributed by atoms with Crippen molar-refractivity contribution in [1.29, 1.82) is 0 Å². The maximum atomic E-state index is 13.6. The fraction of sp³-hybridized carbons (Fsp3) is 0.529. The summed E-state index contributed by atoms with van der Waals surface area (Å²) in [5.41, 5.74) is 1.45. The average Bonchev–Trinajstić information content (AvgIpc) is 2.43. The summed E-state index contributed by atoms with van der Waals surface area (Å²) in [6.45, 7) is 7.38. The van der Waals surface area contributed by atoms with Crippen molar-refractivity contribution in [3.63, 3.8) is 0 Å². The highest BCUT2D eigenvalue weighted by atomic mass is 19.1. The quantitative estimate of drug-likeness (QED) is 0.839. The molecule has 0 radical (unpaired) electrons. The zero-order chi connectivity index (χ0) is 14.5. The minimum Gasteiger partial charge on any atom is -0.384 e. The van der Waals surface area contributed by atoms with Crippen LogP contribution in [0.4, 0.5) is 4.39 Å². The molecular weight excluding hydrogens is 253 g/mol. The topological polar surface area (TPSA) is 23.5 Å². The first kappa shape index (κ1) is 15.0. The Labute approximate surface area is 120 Å². The number of likely N-dealkylation sites (tertiary alicyclic amines) is 1. The zero-order valence-electron chi connectivity index (χ0n) is 12.2. The molecule has 20 heavy (non-hydrogen) atoms. The summed E-state index contributed by atoms with van der Waals surface area (Å²) >= 11 is 0. The van der Waals surface area contributed by atoms with E-state index in [-0.39, 0.29) is 12.4 Å². The van der Waals surface area contributed by atoms with Crippen LogP contribution in [0.15, 0.2) is 18.2 Å². The van der Waals surface area contributed by atoms with Gasteiger partial charge in [-0.3, -0.25) is 4.90 Å². The number of piperidine rings is 1. The zero-order valence-corrected chi connectivity index (χ0v) is 12.2. The first-order valence-electron chi connectivity index (χ1n) is 7.20. The molecule has 1 N–H and O–H groups in total. The number of aliphatic hydroxyl groups excluding tert-OH is 1. The Morgan fingerprint density at radius 1 is 1.35 bits per heavy atom. The Bertz CT molecular complexity index is 517. The molecule has 1 saturated heterocycles. The Morgan fingerprint density at radius 3 is 2.85 bits per heavy atom. The fourth-order valence-electron chi connectivity index (χ4n) is 2.65. The molecule has 108 valence electrons. The largest absolute Gasteiger partial charge is 0.384 e. The predicted octanol–water partition coefficient (Wildman–Crippen LogP) is 2.65. The number of nitrogens with zero attached hydrogens (tertiary/aromatic N) is 1. The van der Waals surface area contributed by atoms with Gasteiger partial charge in [-0.2, -0.15) is 0 Å². The van der Waals surface area contributed by atoms with E-state index in [4.69, 9.17) is 5.11 Å². The van der Waals surface area contributed by atoms with Crippen molar-refractivity contribution in [2.45, 2.75) is 26.8 Å². The third-order valence-electron chi connectivity index (χ3n) is 4.16. The third kappa shape index (κ3) is 3.82. The lowest BCUT2D eigenvalue weighted by Gasteiger charge is -2.35. The minimum atomic E-state index is -0.324. The molecule has 1 aliphatic heterocycles. The highest BCUT2D eigenvalue weighted by molar-refractivity contribution is 5.38. The lowest BCUT2D eigenvalue weighted by Crippen LogP contribution is -2.37. The van der Waals surface area contributed by atoms with Gasteiger partial charge in [0.2, 0.25) is 0 Å². The summed E-state index contributed by atoms with van der Waals surface area (Å²) in [5, 5.41) is 8.70. The van der Waals surface area contributed by atoms with Crippen LogP contribution in [0.25, 0.3) is 0 Å². The smallest absolute Gasteiger partial charge is 0.138 e. The number of aliphatic hydroxyl groups is 1. The summed E-state index contributed by atoms with van der Waals surface area (Å²) in [6.07, 6.45) is 1.22. The number of hydrogen-bond donors (Lipinski definition) is 1. The molecule has 0 aromatic heterocycles. The number of hydrogen-bond acceptors (Lipinski definition) is 2. The fourth-order valence-corrected chi connectivity index (χ4v) is 2.65. The molecule has 1 aromatic rings. The highest BCUT2D eigenvalue weighted by Gasteiger charge is 2.22. The van der Waals surface area contributed by atoms with Gasteiger partial charge < -0.3 is 5.11 Å². The number of rotatable bonds is 2. The van der Waals surface area contributed by atoms with Crippen molar-refractivity contribution in [1.82, 2.24) is 4.90 Å². The van der Waals surface area contributed by atoms with Crippen LogP contribution in [0.3, 0.4) is 0 Å². The van der Waals surface area contributed by atoms with Crippen molar-refractivity contribution in [3.05, 3.63) is 35.1 Å². The maximum Gasteiger partial charge on any atom is 0.138 e. The lowest BCUT2D eigenvalue weighted by molar-refractivity contribution is 0.132. The van der Waals surface area contributed by atoms with Crippen molar-refractivity contribution < 1.29 is 9.50 Å². The molecule has 1 heterocycles. The van der Waals surface area contributed by atoms with Gasteiger partial charge in [0.1, 0.15) is 12.4 Å². The van der Waals surface area contributed by atoms with Crippen LogP contribution in [0.2, 0.25) is 0 Å². The van der Waals surface area contributed by atoms with Gasteiger partial charge in [0, 0.05) is 13.1 Å².